The summed E-state index contributed by atoms with van der Waals surface area (Å²) in [7, 11) is 3.27. The van der Waals surface area contributed by atoms with Crippen molar-refractivity contribution in [2.75, 3.05) is 14.2 Å². The molecular formula is C16H19BrN2O2. The fourth-order valence-corrected chi connectivity index (χ4v) is 2.66. The highest BCUT2D eigenvalue weighted by Crippen LogP contribution is 2.32. The van der Waals surface area contributed by atoms with Crippen LogP contribution in [0.15, 0.2) is 40.9 Å². The Kier molecular flexibility index (Phi) is 5.22. The van der Waals surface area contributed by atoms with Gasteiger partial charge >= 0.3 is 0 Å². The molecule has 0 aliphatic heterocycles. The Balaban J connectivity index is 2.52. The highest BCUT2D eigenvalue weighted by molar-refractivity contribution is 9.10. The summed E-state index contributed by atoms with van der Waals surface area (Å²) < 4.78 is 11.7. The molecule has 2 aromatic rings. The Morgan fingerprint density at radius 1 is 1.05 bits per heavy atom. The molecule has 0 heterocycles. The van der Waals surface area contributed by atoms with Gasteiger partial charge in [0, 0.05) is 10.5 Å². The van der Waals surface area contributed by atoms with Crippen LogP contribution in [0.5, 0.6) is 11.5 Å². The van der Waals surface area contributed by atoms with E-state index in [-0.39, 0.29) is 6.04 Å². The average molecular weight is 351 g/mol. The number of hydrogen-bond donors (Lipinski definition) is 2. The molecule has 2 aromatic carbocycles. The van der Waals surface area contributed by atoms with E-state index in [0.29, 0.717) is 0 Å². The Labute approximate surface area is 133 Å². The Hall–Kier alpha value is -1.56. The largest absolute Gasteiger partial charge is 0.497 e. The molecule has 0 fully saturated rings. The molecule has 0 saturated carbocycles. The molecule has 1 atom stereocenters. The number of methoxy groups -OCH3 is 2. The number of halogens is 1. The standard InChI is InChI=1S/C16H19BrN2O2/c1-10-4-5-12(17)8-15(10)16(19-18)11-6-13(20-2)9-14(7-11)21-3/h4-9,16,19H,18H2,1-3H3. The number of hydrogen-bond acceptors (Lipinski definition) is 4. The van der Waals surface area contributed by atoms with Gasteiger partial charge in [0.1, 0.15) is 11.5 Å². The van der Waals surface area contributed by atoms with Crippen molar-refractivity contribution >= 4 is 15.9 Å². The Bertz CT molecular complexity index is 609. The average Bonchev–Trinajstić information content (AvgIpc) is 2.51. The molecule has 1 unspecified atom stereocenters. The summed E-state index contributed by atoms with van der Waals surface area (Å²) in [6, 6.07) is 11.7. The molecule has 112 valence electrons. The highest BCUT2D eigenvalue weighted by Gasteiger charge is 2.17. The van der Waals surface area contributed by atoms with Gasteiger partial charge in [0.05, 0.1) is 20.3 Å². The zero-order chi connectivity index (χ0) is 15.4. The molecule has 0 bridgehead atoms. The third-order valence-corrected chi connectivity index (χ3v) is 3.92. The van der Waals surface area contributed by atoms with Crippen LogP contribution in [-0.2, 0) is 0 Å². The van der Waals surface area contributed by atoms with Crippen molar-refractivity contribution in [3.63, 3.8) is 0 Å². The number of rotatable bonds is 5. The molecule has 4 nitrogen and oxygen atoms in total. The van der Waals surface area contributed by atoms with Crippen LogP contribution in [-0.4, -0.2) is 14.2 Å². The molecule has 0 aliphatic rings. The summed E-state index contributed by atoms with van der Waals surface area (Å²) in [6.07, 6.45) is 0. The molecule has 2 rings (SSSR count). The molecule has 0 saturated heterocycles. The minimum absolute atomic E-state index is 0.147. The second-order valence-corrected chi connectivity index (χ2v) is 5.66. The molecule has 3 N–H and O–H groups in total. The molecule has 0 aliphatic carbocycles. The van der Waals surface area contributed by atoms with Crippen LogP contribution in [0.3, 0.4) is 0 Å². The third-order valence-electron chi connectivity index (χ3n) is 3.43. The smallest absolute Gasteiger partial charge is 0.122 e. The van der Waals surface area contributed by atoms with Crippen LogP contribution in [0.25, 0.3) is 0 Å². The predicted molar refractivity (Wildman–Crippen MR) is 87.6 cm³/mol. The summed E-state index contributed by atoms with van der Waals surface area (Å²) in [6.45, 7) is 2.06. The van der Waals surface area contributed by atoms with Gasteiger partial charge in [-0.15, -0.1) is 0 Å². The van der Waals surface area contributed by atoms with E-state index in [0.717, 1.165) is 32.7 Å². The molecule has 21 heavy (non-hydrogen) atoms. The second kappa shape index (κ2) is 6.93. The van der Waals surface area contributed by atoms with Gasteiger partial charge in [-0.3, -0.25) is 5.84 Å². The monoisotopic (exact) mass is 350 g/mol. The van der Waals surface area contributed by atoms with E-state index in [1.54, 1.807) is 14.2 Å². The zero-order valence-electron chi connectivity index (χ0n) is 12.3. The first-order valence-electron chi connectivity index (χ1n) is 6.54. The van der Waals surface area contributed by atoms with Crippen molar-refractivity contribution in [1.82, 2.24) is 5.43 Å². The van der Waals surface area contributed by atoms with Crippen LogP contribution < -0.4 is 20.7 Å². The summed E-state index contributed by atoms with van der Waals surface area (Å²) in [5, 5.41) is 0. The van der Waals surface area contributed by atoms with Crippen LogP contribution in [0.2, 0.25) is 0 Å². The van der Waals surface area contributed by atoms with Crippen molar-refractivity contribution in [3.8, 4) is 11.5 Å². The van der Waals surface area contributed by atoms with E-state index in [9.17, 15) is 0 Å². The van der Waals surface area contributed by atoms with Gasteiger partial charge in [-0.25, -0.2) is 5.43 Å². The maximum atomic E-state index is 5.79. The maximum absolute atomic E-state index is 5.79. The third kappa shape index (κ3) is 3.56. The first-order chi connectivity index (χ1) is 10.1. The topological polar surface area (TPSA) is 56.5 Å². The van der Waals surface area contributed by atoms with Crippen LogP contribution in [0.1, 0.15) is 22.7 Å². The van der Waals surface area contributed by atoms with E-state index >= 15 is 0 Å². The Morgan fingerprint density at radius 2 is 1.67 bits per heavy atom. The Morgan fingerprint density at radius 3 is 2.19 bits per heavy atom. The van der Waals surface area contributed by atoms with Gasteiger partial charge in [-0.2, -0.15) is 0 Å². The number of hydrazine groups is 1. The summed E-state index contributed by atoms with van der Waals surface area (Å²) in [5.41, 5.74) is 6.11. The fraction of sp³-hybridized carbons (Fsp3) is 0.250. The van der Waals surface area contributed by atoms with Crippen molar-refractivity contribution in [1.29, 1.82) is 0 Å². The van der Waals surface area contributed by atoms with Crippen molar-refractivity contribution in [2.45, 2.75) is 13.0 Å². The van der Waals surface area contributed by atoms with Gasteiger partial charge in [0.25, 0.3) is 0 Å². The first kappa shape index (κ1) is 15.8. The van der Waals surface area contributed by atoms with E-state index in [4.69, 9.17) is 15.3 Å². The van der Waals surface area contributed by atoms with E-state index in [1.165, 1.54) is 0 Å². The first-order valence-corrected chi connectivity index (χ1v) is 7.33. The summed E-state index contributed by atoms with van der Waals surface area (Å²) in [4.78, 5) is 0. The van der Waals surface area contributed by atoms with Gasteiger partial charge in [0.15, 0.2) is 0 Å². The minimum Gasteiger partial charge on any atom is -0.497 e. The molecule has 0 aromatic heterocycles. The van der Waals surface area contributed by atoms with Crippen LogP contribution in [0, 0.1) is 6.92 Å². The van der Waals surface area contributed by atoms with Crippen molar-refractivity contribution in [2.24, 2.45) is 5.84 Å². The lowest BCUT2D eigenvalue weighted by Gasteiger charge is -2.20. The number of benzene rings is 2. The molecule has 5 heteroatoms. The lowest BCUT2D eigenvalue weighted by Crippen LogP contribution is -2.29. The normalized spacial score (nSPS) is 12.0. The number of ether oxygens (including phenoxy) is 2. The quantitative estimate of drug-likeness (QED) is 0.641. The minimum atomic E-state index is -0.147. The van der Waals surface area contributed by atoms with Crippen molar-refractivity contribution < 1.29 is 9.47 Å². The molecule has 0 radical (unpaired) electrons. The van der Waals surface area contributed by atoms with Crippen LogP contribution in [0.4, 0.5) is 0 Å². The van der Waals surface area contributed by atoms with Gasteiger partial charge in [0.2, 0.25) is 0 Å². The maximum Gasteiger partial charge on any atom is 0.122 e. The second-order valence-electron chi connectivity index (χ2n) is 4.75. The fourth-order valence-electron chi connectivity index (χ4n) is 2.28. The van der Waals surface area contributed by atoms with Crippen molar-refractivity contribution in [3.05, 3.63) is 57.6 Å². The van der Waals surface area contributed by atoms with Crippen LogP contribution >= 0.6 is 15.9 Å². The zero-order valence-corrected chi connectivity index (χ0v) is 13.9. The number of nitrogens with two attached hydrogens (primary N) is 1. The van der Waals surface area contributed by atoms with E-state index in [1.807, 2.05) is 24.3 Å². The molecular weight excluding hydrogens is 332 g/mol. The van der Waals surface area contributed by atoms with Gasteiger partial charge in [-0.05, 0) is 47.9 Å². The van der Waals surface area contributed by atoms with E-state index < -0.39 is 0 Å². The van der Waals surface area contributed by atoms with E-state index in [2.05, 4.69) is 40.4 Å². The van der Waals surface area contributed by atoms with Gasteiger partial charge in [-0.1, -0.05) is 22.0 Å². The highest BCUT2D eigenvalue weighted by atomic mass is 79.9. The predicted octanol–water partition coefficient (Wildman–Crippen LogP) is 3.33. The summed E-state index contributed by atoms with van der Waals surface area (Å²) >= 11 is 3.50. The summed E-state index contributed by atoms with van der Waals surface area (Å²) in [5.74, 6) is 7.26. The lowest BCUT2D eigenvalue weighted by atomic mass is 9.95. The lowest BCUT2D eigenvalue weighted by molar-refractivity contribution is 0.392. The number of nitrogens with one attached hydrogen (secondary N) is 1. The SMILES string of the molecule is COc1cc(OC)cc(C(NN)c2cc(Br)ccc2C)c1. The molecule has 0 spiro atoms. The number of aryl methyl sites for hydroxylation is 1. The molecule has 0 amide bonds. The van der Waals surface area contributed by atoms with Gasteiger partial charge < -0.3 is 9.47 Å².